The Bertz CT molecular complexity index is 590. The Morgan fingerprint density at radius 3 is 2.65 bits per heavy atom. The van der Waals surface area contributed by atoms with E-state index >= 15 is 0 Å². The van der Waals surface area contributed by atoms with Crippen molar-refractivity contribution in [3.63, 3.8) is 0 Å². The van der Waals surface area contributed by atoms with Gasteiger partial charge >= 0.3 is 0 Å². The average Bonchev–Trinajstić information content (AvgIpc) is 2.62. The molecule has 2 aliphatic carbocycles. The number of ether oxygens (including phenoxy) is 2. The SMILES string of the molecule is COc1cc2c3c(c1)CCC(C(=O)N1CCOCC1)C3CCC2. The molecule has 23 heavy (non-hydrogen) atoms. The molecule has 4 heteroatoms. The second-order valence-electron chi connectivity index (χ2n) is 6.94. The maximum atomic E-state index is 13.0. The highest BCUT2D eigenvalue weighted by atomic mass is 16.5. The molecule has 124 valence electrons. The van der Waals surface area contributed by atoms with Gasteiger partial charge in [-0.3, -0.25) is 4.79 Å². The highest BCUT2D eigenvalue weighted by Crippen LogP contribution is 2.46. The number of carbonyl (C=O) groups excluding carboxylic acids is 1. The maximum Gasteiger partial charge on any atom is 0.226 e. The summed E-state index contributed by atoms with van der Waals surface area (Å²) < 4.78 is 10.9. The van der Waals surface area contributed by atoms with E-state index in [1.54, 1.807) is 7.11 Å². The summed E-state index contributed by atoms with van der Waals surface area (Å²) in [4.78, 5) is 15.1. The van der Waals surface area contributed by atoms with Gasteiger partial charge < -0.3 is 14.4 Å². The number of morpholine rings is 1. The lowest BCUT2D eigenvalue weighted by atomic mass is 9.67. The minimum absolute atomic E-state index is 0.160. The second-order valence-corrected chi connectivity index (χ2v) is 6.94. The van der Waals surface area contributed by atoms with Gasteiger partial charge in [-0.1, -0.05) is 0 Å². The van der Waals surface area contributed by atoms with Gasteiger partial charge in [0.2, 0.25) is 5.91 Å². The van der Waals surface area contributed by atoms with Crippen molar-refractivity contribution >= 4 is 5.91 Å². The van der Waals surface area contributed by atoms with Crippen molar-refractivity contribution in [3.05, 3.63) is 28.8 Å². The van der Waals surface area contributed by atoms with Gasteiger partial charge in [-0.15, -0.1) is 0 Å². The van der Waals surface area contributed by atoms with Crippen molar-refractivity contribution in [2.75, 3.05) is 33.4 Å². The number of amides is 1. The molecule has 1 aromatic carbocycles. The molecule has 0 aromatic heterocycles. The van der Waals surface area contributed by atoms with Crippen LogP contribution in [-0.2, 0) is 22.4 Å². The molecule has 1 saturated heterocycles. The molecule has 2 atom stereocenters. The minimum Gasteiger partial charge on any atom is -0.497 e. The Balaban J connectivity index is 1.64. The molecular weight excluding hydrogens is 290 g/mol. The summed E-state index contributed by atoms with van der Waals surface area (Å²) in [5.74, 6) is 1.89. The number of nitrogens with zero attached hydrogens (tertiary/aromatic N) is 1. The average molecular weight is 315 g/mol. The third kappa shape index (κ3) is 2.63. The summed E-state index contributed by atoms with van der Waals surface area (Å²) in [5, 5.41) is 0. The summed E-state index contributed by atoms with van der Waals surface area (Å²) in [5.41, 5.74) is 4.29. The van der Waals surface area contributed by atoms with Gasteiger partial charge in [0.1, 0.15) is 5.75 Å². The number of methoxy groups -OCH3 is 1. The normalized spacial score (nSPS) is 26.6. The molecule has 1 amide bonds. The van der Waals surface area contributed by atoms with Crippen LogP contribution in [0.1, 0.15) is 41.9 Å². The lowest BCUT2D eigenvalue weighted by molar-refractivity contribution is -0.141. The molecule has 4 nitrogen and oxygen atoms in total. The Morgan fingerprint density at radius 1 is 1.17 bits per heavy atom. The molecule has 0 bridgehead atoms. The smallest absolute Gasteiger partial charge is 0.226 e. The molecular formula is C19H25NO3. The predicted octanol–water partition coefficient (Wildman–Crippen LogP) is 2.54. The molecule has 1 aromatic rings. The van der Waals surface area contributed by atoms with E-state index in [9.17, 15) is 4.79 Å². The van der Waals surface area contributed by atoms with Crippen molar-refractivity contribution in [2.45, 2.75) is 38.0 Å². The number of aryl methyl sites for hydroxylation is 2. The van der Waals surface area contributed by atoms with Gasteiger partial charge in [0.25, 0.3) is 0 Å². The van der Waals surface area contributed by atoms with E-state index in [2.05, 4.69) is 12.1 Å². The van der Waals surface area contributed by atoms with Gasteiger partial charge in [0.15, 0.2) is 0 Å². The van der Waals surface area contributed by atoms with Gasteiger partial charge in [-0.05, 0) is 66.8 Å². The molecule has 0 saturated carbocycles. The fourth-order valence-electron chi connectivity index (χ4n) is 4.64. The number of benzene rings is 1. The van der Waals surface area contributed by atoms with E-state index in [0.717, 1.165) is 44.5 Å². The van der Waals surface area contributed by atoms with Crippen LogP contribution >= 0.6 is 0 Å². The minimum atomic E-state index is 0.160. The Hall–Kier alpha value is -1.55. The summed E-state index contributed by atoms with van der Waals surface area (Å²) in [6, 6.07) is 4.37. The highest BCUT2D eigenvalue weighted by Gasteiger charge is 2.39. The summed E-state index contributed by atoms with van der Waals surface area (Å²) in [6.07, 6.45) is 5.41. The number of carbonyl (C=O) groups is 1. The van der Waals surface area contributed by atoms with Gasteiger partial charge in [-0.2, -0.15) is 0 Å². The third-order valence-electron chi connectivity index (χ3n) is 5.74. The van der Waals surface area contributed by atoms with Crippen LogP contribution in [0, 0.1) is 5.92 Å². The molecule has 1 heterocycles. The highest BCUT2D eigenvalue weighted by molar-refractivity contribution is 5.81. The number of hydrogen-bond donors (Lipinski definition) is 0. The zero-order valence-electron chi connectivity index (χ0n) is 13.8. The first-order valence-electron chi connectivity index (χ1n) is 8.84. The lowest BCUT2D eigenvalue weighted by Crippen LogP contribution is -2.46. The van der Waals surface area contributed by atoms with Crippen LogP contribution in [0.25, 0.3) is 0 Å². The molecule has 0 N–H and O–H groups in total. The molecule has 3 aliphatic rings. The second kappa shape index (κ2) is 6.16. The maximum absolute atomic E-state index is 13.0. The molecule has 0 spiro atoms. The summed E-state index contributed by atoms with van der Waals surface area (Å²) in [6.45, 7) is 2.87. The Morgan fingerprint density at radius 2 is 1.91 bits per heavy atom. The van der Waals surface area contributed by atoms with Crippen LogP contribution in [0.3, 0.4) is 0 Å². The zero-order valence-corrected chi connectivity index (χ0v) is 13.8. The lowest BCUT2D eigenvalue weighted by Gasteiger charge is -2.40. The largest absolute Gasteiger partial charge is 0.497 e. The van der Waals surface area contributed by atoms with Gasteiger partial charge in [-0.25, -0.2) is 0 Å². The van der Waals surface area contributed by atoms with E-state index in [1.165, 1.54) is 23.1 Å². The first kappa shape index (κ1) is 15.0. The van der Waals surface area contributed by atoms with Gasteiger partial charge in [0.05, 0.1) is 20.3 Å². The topological polar surface area (TPSA) is 38.8 Å². The molecule has 2 unspecified atom stereocenters. The predicted molar refractivity (Wildman–Crippen MR) is 87.9 cm³/mol. The van der Waals surface area contributed by atoms with Crippen molar-refractivity contribution in [1.29, 1.82) is 0 Å². The quantitative estimate of drug-likeness (QED) is 0.842. The van der Waals surface area contributed by atoms with Crippen molar-refractivity contribution in [1.82, 2.24) is 4.90 Å². The fourth-order valence-corrected chi connectivity index (χ4v) is 4.64. The molecule has 0 radical (unpaired) electrons. The van der Waals surface area contributed by atoms with E-state index in [-0.39, 0.29) is 5.92 Å². The fraction of sp³-hybridized carbons (Fsp3) is 0.632. The number of rotatable bonds is 2. The zero-order chi connectivity index (χ0) is 15.8. The van der Waals surface area contributed by atoms with Crippen LogP contribution in [-0.4, -0.2) is 44.2 Å². The van der Waals surface area contributed by atoms with Crippen LogP contribution in [0.2, 0.25) is 0 Å². The van der Waals surface area contributed by atoms with Crippen molar-refractivity contribution in [2.24, 2.45) is 5.92 Å². The van der Waals surface area contributed by atoms with Gasteiger partial charge in [0, 0.05) is 19.0 Å². The standard InChI is InChI=1S/C19H25NO3/c1-22-15-11-13-3-2-4-16-17(6-5-14(12-15)18(13)16)19(21)20-7-9-23-10-8-20/h11-12,16-17H,2-10H2,1H3. The molecule has 1 fully saturated rings. The van der Waals surface area contributed by atoms with E-state index in [0.29, 0.717) is 25.0 Å². The Labute approximate surface area is 137 Å². The van der Waals surface area contributed by atoms with Crippen molar-refractivity contribution in [3.8, 4) is 5.75 Å². The van der Waals surface area contributed by atoms with E-state index in [4.69, 9.17) is 9.47 Å². The Kier molecular flexibility index (Phi) is 4.02. The van der Waals surface area contributed by atoms with Crippen LogP contribution < -0.4 is 4.74 Å². The van der Waals surface area contributed by atoms with Crippen molar-refractivity contribution < 1.29 is 14.3 Å². The first-order chi connectivity index (χ1) is 11.3. The van der Waals surface area contributed by atoms with Crippen LogP contribution in [0.4, 0.5) is 0 Å². The molecule has 4 rings (SSSR count). The summed E-state index contributed by atoms with van der Waals surface area (Å²) >= 11 is 0. The van der Waals surface area contributed by atoms with E-state index < -0.39 is 0 Å². The third-order valence-corrected chi connectivity index (χ3v) is 5.74. The monoisotopic (exact) mass is 315 g/mol. The first-order valence-corrected chi connectivity index (χ1v) is 8.84. The summed E-state index contributed by atoms with van der Waals surface area (Å²) in [7, 11) is 1.74. The van der Waals surface area contributed by atoms with Crippen LogP contribution in [0.15, 0.2) is 12.1 Å². The van der Waals surface area contributed by atoms with Crippen LogP contribution in [0.5, 0.6) is 5.75 Å². The molecule has 1 aliphatic heterocycles. The van der Waals surface area contributed by atoms with E-state index in [1.807, 2.05) is 4.90 Å². The number of hydrogen-bond acceptors (Lipinski definition) is 3.